The lowest BCUT2D eigenvalue weighted by molar-refractivity contribution is 0.0956. The molecule has 110 valence electrons. The van der Waals surface area contributed by atoms with Gasteiger partial charge in [0.1, 0.15) is 12.4 Å². The lowest BCUT2D eigenvalue weighted by Gasteiger charge is -2.06. The third kappa shape index (κ3) is 3.59. The Morgan fingerprint density at radius 2 is 2.10 bits per heavy atom. The highest BCUT2D eigenvalue weighted by atomic mass is 32.1. The minimum Gasteiger partial charge on any atom is -0.489 e. The fourth-order valence-corrected chi connectivity index (χ4v) is 2.68. The Morgan fingerprint density at radius 3 is 2.76 bits per heavy atom. The van der Waals surface area contributed by atoms with Gasteiger partial charge in [-0.25, -0.2) is 5.84 Å². The van der Waals surface area contributed by atoms with Crippen molar-refractivity contribution in [3.8, 4) is 5.75 Å². The number of nitrogen functional groups attached to an aromatic ring is 1. The van der Waals surface area contributed by atoms with Crippen LogP contribution in [-0.2, 0) is 6.61 Å². The van der Waals surface area contributed by atoms with Crippen molar-refractivity contribution >= 4 is 23.2 Å². The van der Waals surface area contributed by atoms with Crippen LogP contribution in [0, 0.1) is 6.92 Å². The van der Waals surface area contributed by atoms with Crippen molar-refractivity contribution in [2.45, 2.75) is 13.5 Å². The molecule has 0 fully saturated rings. The van der Waals surface area contributed by atoms with E-state index in [-0.39, 0.29) is 5.91 Å². The summed E-state index contributed by atoms with van der Waals surface area (Å²) < 4.78 is 5.63. The maximum Gasteiger partial charge on any atom is 0.275 e. The van der Waals surface area contributed by atoms with Gasteiger partial charge in [-0.05, 0) is 31.2 Å². The Kier molecular flexibility index (Phi) is 4.56. The van der Waals surface area contributed by atoms with Crippen molar-refractivity contribution < 1.29 is 14.3 Å². The van der Waals surface area contributed by atoms with Crippen molar-refractivity contribution in [2.75, 3.05) is 0 Å². The monoisotopic (exact) mass is 305 g/mol. The number of ether oxygens (including phenoxy) is 1. The van der Waals surface area contributed by atoms with E-state index in [4.69, 9.17) is 16.3 Å². The van der Waals surface area contributed by atoms with E-state index in [0.29, 0.717) is 22.8 Å². The molecule has 21 heavy (non-hydrogen) atoms. The quantitative estimate of drug-likeness (QED) is 0.440. The number of hydrogen-bond donors (Lipinski definition) is 3. The SMILES string of the molecule is Cc1sc(C(=O)NN)cc1COc1cccc(C(N)=O)c1. The van der Waals surface area contributed by atoms with Crippen LogP contribution in [0.15, 0.2) is 30.3 Å². The highest BCUT2D eigenvalue weighted by molar-refractivity contribution is 7.14. The summed E-state index contributed by atoms with van der Waals surface area (Å²) in [7, 11) is 0. The van der Waals surface area contributed by atoms with Gasteiger partial charge in [-0.2, -0.15) is 0 Å². The first-order chi connectivity index (χ1) is 10.0. The van der Waals surface area contributed by atoms with Crippen LogP contribution in [-0.4, -0.2) is 11.8 Å². The highest BCUT2D eigenvalue weighted by Crippen LogP contribution is 2.23. The van der Waals surface area contributed by atoms with Gasteiger partial charge in [0.05, 0.1) is 4.88 Å². The summed E-state index contributed by atoms with van der Waals surface area (Å²) in [5.74, 6) is 4.81. The predicted octanol–water partition coefficient (Wildman–Crippen LogP) is 1.34. The van der Waals surface area contributed by atoms with Crippen molar-refractivity contribution in [3.63, 3.8) is 0 Å². The second kappa shape index (κ2) is 6.38. The summed E-state index contributed by atoms with van der Waals surface area (Å²) in [5.41, 5.74) is 8.59. The van der Waals surface area contributed by atoms with E-state index in [1.165, 1.54) is 11.3 Å². The molecule has 0 atom stereocenters. The number of hydrogen-bond acceptors (Lipinski definition) is 5. The Morgan fingerprint density at radius 1 is 1.33 bits per heavy atom. The van der Waals surface area contributed by atoms with Crippen molar-refractivity contribution in [2.24, 2.45) is 11.6 Å². The number of amides is 2. The van der Waals surface area contributed by atoms with Gasteiger partial charge in [-0.3, -0.25) is 15.0 Å². The van der Waals surface area contributed by atoms with Gasteiger partial charge >= 0.3 is 0 Å². The minimum atomic E-state index is -0.505. The van der Waals surface area contributed by atoms with Gasteiger partial charge in [0.25, 0.3) is 5.91 Å². The molecule has 0 radical (unpaired) electrons. The Labute approximate surface area is 125 Å². The van der Waals surface area contributed by atoms with Crippen LogP contribution in [0.4, 0.5) is 0 Å². The lowest BCUT2D eigenvalue weighted by atomic mass is 10.2. The summed E-state index contributed by atoms with van der Waals surface area (Å²) in [6, 6.07) is 8.37. The first kappa shape index (κ1) is 15.0. The summed E-state index contributed by atoms with van der Waals surface area (Å²) in [5, 5.41) is 0. The second-order valence-corrected chi connectivity index (χ2v) is 5.60. The zero-order chi connectivity index (χ0) is 15.4. The van der Waals surface area contributed by atoms with Crippen molar-refractivity contribution in [3.05, 3.63) is 51.2 Å². The number of rotatable bonds is 5. The largest absolute Gasteiger partial charge is 0.489 e. The third-order valence-corrected chi connectivity index (χ3v) is 3.98. The van der Waals surface area contributed by atoms with E-state index in [1.807, 2.05) is 6.92 Å². The zero-order valence-corrected chi connectivity index (χ0v) is 12.2. The minimum absolute atomic E-state index is 0.294. The van der Waals surface area contributed by atoms with E-state index in [2.05, 4.69) is 5.43 Å². The van der Waals surface area contributed by atoms with Gasteiger partial charge in [0.15, 0.2) is 0 Å². The second-order valence-electron chi connectivity index (χ2n) is 4.35. The van der Waals surface area contributed by atoms with Gasteiger partial charge < -0.3 is 10.5 Å². The molecule has 0 saturated carbocycles. The van der Waals surface area contributed by atoms with Crippen LogP contribution >= 0.6 is 11.3 Å². The fraction of sp³-hybridized carbons (Fsp3) is 0.143. The molecule has 2 aromatic rings. The average molecular weight is 305 g/mol. The van der Waals surface area contributed by atoms with Crippen LogP contribution in [0.3, 0.4) is 0 Å². The molecule has 0 saturated heterocycles. The molecule has 0 spiro atoms. The first-order valence-corrected chi connectivity index (χ1v) is 6.96. The fourth-order valence-electron chi connectivity index (χ4n) is 1.75. The standard InChI is InChI=1S/C14H15N3O3S/c1-8-10(6-12(21-8)14(19)17-16)7-20-11-4-2-3-9(5-11)13(15)18/h2-6H,7,16H2,1H3,(H2,15,18)(H,17,19). The number of carbonyl (C=O) groups excluding carboxylic acids is 2. The van der Waals surface area contributed by atoms with Gasteiger partial charge in [-0.15, -0.1) is 11.3 Å². The van der Waals surface area contributed by atoms with E-state index in [0.717, 1.165) is 10.4 Å². The third-order valence-electron chi connectivity index (χ3n) is 2.89. The number of primary amides is 1. The molecular formula is C14H15N3O3S. The van der Waals surface area contributed by atoms with Gasteiger partial charge in [0, 0.05) is 16.0 Å². The lowest BCUT2D eigenvalue weighted by Crippen LogP contribution is -2.29. The summed E-state index contributed by atoms with van der Waals surface area (Å²) >= 11 is 1.34. The molecule has 2 amide bonds. The molecular weight excluding hydrogens is 290 g/mol. The molecule has 5 N–H and O–H groups in total. The van der Waals surface area contributed by atoms with Crippen molar-refractivity contribution in [1.82, 2.24) is 5.43 Å². The van der Waals surface area contributed by atoms with Crippen molar-refractivity contribution in [1.29, 1.82) is 0 Å². The van der Waals surface area contributed by atoms with Crippen LogP contribution in [0.2, 0.25) is 0 Å². The molecule has 0 aliphatic rings. The van der Waals surface area contributed by atoms with Crippen LogP contribution in [0.1, 0.15) is 30.5 Å². The highest BCUT2D eigenvalue weighted by Gasteiger charge is 2.12. The molecule has 1 aromatic heterocycles. The summed E-state index contributed by atoms with van der Waals surface area (Å²) in [4.78, 5) is 24.1. The van der Waals surface area contributed by atoms with Crippen LogP contribution in [0.5, 0.6) is 5.75 Å². The Balaban J connectivity index is 2.09. The zero-order valence-electron chi connectivity index (χ0n) is 11.4. The topological polar surface area (TPSA) is 107 Å². The normalized spacial score (nSPS) is 10.2. The van der Waals surface area contributed by atoms with E-state index in [1.54, 1.807) is 30.3 Å². The molecule has 2 rings (SSSR count). The Bertz CT molecular complexity index is 682. The average Bonchev–Trinajstić information content (AvgIpc) is 2.85. The molecule has 1 heterocycles. The predicted molar refractivity (Wildman–Crippen MR) is 80.0 cm³/mol. The van der Waals surface area contributed by atoms with E-state index in [9.17, 15) is 9.59 Å². The molecule has 0 unspecified atom stereocenters. The number of thiophene rings is 1. The van der Waals surface area contributed by atoms with Crippen LogP contribution in [0.25, 0.3) is 0 Å². The molecule has 1 aromatic carbocycles. The maximum absolute atomic E-state index is 11.5. The van der Waals surface area contributed by atoms with E-state index >= 15 is 0 Å². The van der Waals surface area contributed by atoms with E-state index < -0.39 is 5.91 Å². The molecule has 0 aliphatic heterocycles. The number of benzene rings is 1. The smallest absolute Gasteiger partial charge is 0.275 e. The Hall–Kier alpha value is -2.38. The number of nitrogens with one attached hydrogen (secondary N) is 1. The summed E-state index contributed by atoms with van der Waals surface area (Å²) in [6.07, 6.45) is 0. The number of hydrazine groups is 1. The number of aryl methyl sites for hydroxylation is 1. The molecule has 0 aliphatic carbocycles. The summed E-state index contributed by atoms with van der Waals surface area (Å²) in [6.45, 7) is 2.19. The first-order valence-electron chi connectivity index (χ1n) is 6.14. The molecule has 7 heteroatoms. The maximum atomic E-state index is 11.5. The molecule has 6 nitrogen and oxygen atoms in total. The molecule has 0 bridgehead atoms. The van der Waals surface area contributed by atoms with Crippen LogP contribution < -0.4 is 21.7 Å². The number of nitrogens with two attached hydrogens (primary N) is 2. The number of carbonyl (C=O) groups is 2. The van der Waals surface area contributed by atoms with Gasteiger partial charge in [0.2, 0.25) is 5.91 Å². The van der Waals surface area contributed by atoms with Gasteiger partial charge in [-0.1, -0.05) is 6.07 Å².